The van der Waals surface area contributed by atoms with Crippen molar-refractivity contribution in [3.05, 3.63) is 51.8 Å². The van der Waals surface area contributed by atoms with E-state index in [1.165, 1.54) is 0 Å². The molecule has 0 unspecified atom stereocenters. The first-order valence-corrected chi connectivity index (χ1v) is 8.50. The number of amides is 1. The molecule has 0 saturated carbocycles. The van der Waals surface area contributed by atoms with Gasteiger partial charge in [-0.15, -0.1) is 0 Å². The number of hydrogen-bond donors (Lipinski definition) is 2. The van der Waals surface area contributed by atoms with Gasteiger partial charge in [0.05, 0.1) is 29.5 Å². The number of H-pyrrole nitrogens is 1. The van der Waals surface area contributed by atoms with Gasteiger partial charge in [0.25, 0.3) is 5.91 Å². The van der Waals surface area contributed by atoms with Crippen LogP contribution in [0.1, 0.15) is 58.4 Å². The van der Waals surface area contributed by atoms with Gasteiger partial charge in [-0.25, -0.2) is 0 Å². The SMILES string of the molecule is Cc1cc(C#N)ccc1CCNC(=O)c1n[nH]c2c1C[C@@H](C)O[C@H]2C. The van der Waals surface area contributed by atoms with Crippen molar-refractivity contribution in [3.63, 3.8) is 0 Å². The molecule has 2 aromatic rings. The third-order valence-corrected chi connectivity index (χ3v) is 4.60. The number of nitriles is 1. The lowest BCUT2D eigenvalue weighted by molar-refractivity contribution is -0.00697. The van der Waals surface area contributed by atoms with Crippen LogP contribution >= 0.6 is 0 Å². The first kappa shape index (κ1) is 17.2. The Morgan fingerprint density at radius 3 is 3.00 bits per heavy atom. The lowest BCUT2D eigenvalue weighted by atomic mass is 9.99. The Kier molecular flexibility index (Phi) is 4.86. The monoisotopic (exact) mass is 338 g/mol. The second-order valence-electron chi connectivity index (χ2n) is 6.52. The highest BCUT2D eigenvalue weighted by molar-refractivity contribution is 5.94. The summed E-state index contributed by atoms with van der Waals surface area (Å²) in [6.45, 7) is 6.46. The number of aromatic nitrogens is 2. The summed E-state index contributed by atoms with van der Waals surface area (Å²) in [4.78, 5) is 12.5. The van der Waals surface area contributed by atoms with Crippen LogP contribution in [0.4, 0.5) is 0 Å². The number of rotatable bonds is 4. The van der Waals surface area contributed by atoms with E-state index >= 15 is 0 Å². The summed E-state index contributed by atoms with van der Waals surface area (Å²) in [6, 6.07) is 7.74. The molecule has 2 atom stereocenters. The molecule has 1 aromatic heterocycles. The number of fused-ring (bicyclic) bond motifs is 1. The molecule has 2 N–H and O–H groups in total. The Morgan fingerprint density at radius 1 is 1.48 bits per heavy atom. The van der Waals surface area contributed by atoms with Crippen molar-refractivity contribution in [2.75, 3.05) is 6.54 Å². The van der Waals surface area contributed by atoms with Gasteiger partial charge in [0.1, 0.15) is 0 Å². The van der Waals surface area contributed by atoms with E-state index in [4.69, 9.17) is 10.00 Å². The fourth-order valence-electron chi connectivity index (χ4n) is 3.30. The predicted octanol–water partition coefficient (Wildman–Crippen LogP) is 2.58. The molecular formula is C19H22N4O2. The molecule has 25 heavy (non-hydrogen) atoms. The number of carbonyl (C=O) groups is 1. The first-order valence-electron chi connectivity index (χ1n) is 8.50. The molecule has 0 radical (unpaired) electrons. The zero-order chi connectivity index (χ0) is 18.0. The van der Waals surface area contributed by atoms with Crippen molar-refractivity contribution < 1.29 is 9.53 Å². The number of aryl methyl sites for hydroxylation is 1. The molecule has 0 spiro atoms. The highest BCUT2D eigenvalue weighted by atomic mass is 16.5. The molecule has 3 rings (SSSR count). The van der Waals surface area contributed by atoms with E-state index in [1.54, 1.807) is 6.07 Å². The molecule has 6 heteroatoms. The van der Waals surface area contributed by atoms with Gasteiger partial charge in [0, 0.05) is 18.5 Å². The van der Waals surface area contributed by atoms with Crippen molar-refractivity contribution in [1.29, 1.82) is 5.26 Å². The molecule has 1 aliphatic rings. The molecule has 0 aliphatic carbocycles. The lowest BCUT2D eigenvalue weighted by Gasteiger charge is -2.25. The highest BCUT2D eigenvalue weighted by Crippen LogP contribution is 2.29. The smallest absolute Gasteiger partial charge is 0.272 e. The van der Waals surface area contributed by atoms with E-state index < -0.39 is 0 Å². The Hall–Kier alpha value is -2.65. The summed E-state index contributed by atoms with van der Waals surface area (Å²) < 4.78 is 5.75. The summed E-state index contributed by atoms with van der Waals surface area (Å²) in [6.07, 6.45) is 1.40. The predicted molar refractivity (Wildman–Crippen MR) is 93.2 cm³/mol. The van der Waals surface area contributed by atoms with Crippen LogP contribution in [0, 0.1) is 18.3 Å². The summed E-state index contributed by atoms with van der Waals surface area (Å²) in [5.41, 5.74) is 5.15. The number of nitrogens with one attached hydrogen (secondary N) is 2. The molecule has 6 nitrogen and oxygen atoms in total. The summed E-state index contributed by atoms with van der Waals surface area (Å²) in [5.74, 6) is -0.162. The van der Waals surface area contributed by atoms with Gasteiger partial charge in [0.2, 0.25) is 0 Å². The number of benzene rings is 1. The summed E-state index contributed by atoms with van der Waals surface area (Å²) in [5, 5.41) is 19.0. The van der Waals surface area contributed by atoms with Crippen molar-refractivity contribution in [2.45, 2.75) is 45.8 Å². The Morgan fingerprint density at radius 2 is 2.28 bits per heavy atom. The van der Waals surface area contributed by atoms with Crippen LogP contribution in [0.15, 0.2) is 18.2 Å². The third kappa shape index (κ3) is 3.57. The zero-order valence-corrected chi connectivity index (χ0v) is 14.7. The minimum absolute atomic E-state index is 0.0749. The Bertz CT molecular complexity index is 834. The van der Waals surface area contributed by atoms with Gasteiger partial charge in [-0.3, -0.25) is 9.89 Å². The largest absolute Gasteiger partial charge is 0.369 e. The number of aromatic amines is 1. The summed E-state index contributed by atoms with van der Waals surface area (Å²) >= 11 is 0. The van der Waals surface area contributed by atoms with E-state index in [2.05, 4.69) is 21.6 Å². The zero-order valence-electron chi connectivity index (χ0n) is 14.7. The molecule has 130 valence electrons. The van der Waals surface area contributed by atoms with Gasteiger partial charge in [-0.2, -0.15) is 10.4 Å². The summed E-state index contributed by atoms with van der Waals surface area (Å²) in [7, 11) is 0. The van der Waals surface area contributed by atoms with E-state index in [9.17, 15) is 4.79 Å². The van der Waals surface area contributed by atoms with Gasteiger partial charge < -0.3 is 10.1 Å². The van der Waals surface area contributed by atoms with Crippen LogP contribution in [0.3, 0.4) is 0 Å². The van der Waals surface area contributed by atoms with Gasteiger partial charge in [0.15, 0.2) is 5.69 Å². The van der Waals surface area contributed by atoms with Crippen LogP contribution in [-0.4, -0.2) is 28.8 Å². The van der Waals surface area contributed by atoms with E-state index in [1.807, 2.05) is 32.9 Å². The van der Waals surface area contributed by atoms with Gasteiger partial charge in [-0.05, 0) is 50.5 Å². The molecule has 1 aromatic carbocycles. The van der Waals surface area contributed by atoms with Crippen molar-refractivity contribution >= 4 is 5.91 Å². The van der Waals surface area contributed by atoms with Gasteiger partial charge >= 0.3 is 0 Å². The lowest BCUT2D eigenvalue weighted by Crippen LogP contribution is -2.29. The van der Waals surface area contributed by atoms with E-state index in [0.717, 1.165) is 22.4 Å². The number of hydrogen-bond acceptors (Lipinski definition) is 4. The average molecular weight is 338 g/mol. The third-order valence-electron chi connectivity index (χ3n) is 4.60. The first-order chi connectivity index (χ1) is 12.0. The fourth-order valence-corrected chi connectivity index (χ4v) is 3.30. The van der Waals surface area contributed by atoms with Crippen LogP contribution in [0.5, 0.6) is 0 Å². The minimum Gasteiger partial charge on any atom is -0.369 e. The molecule has 0 fully saturated rings. The second-order valence-corrected chi connectivity index (χ2v) is 6.52. The van der Waals surface area contributed by atoms with E-state index in [0.29, 0.717) is 30.6 Å². The quantitative estimate of drug-likeness (QED) is 0.896. The highest BCUT2D eigenvalue weighted by Gasteiger charge is 2.29. The van der Waals surface area contributed by atoms with Gasteiger partial charge in [-0.1, -0.05) is 6.07 Å². The maximum Gasteiger partial charge on any atom is 0.272 e. The molecule has 1 amide bonds. The number of nitrogens with zero attached hydrogens (tertiary/aromatic N) is 2. The topological polar surface area (TPSA) is 90.8 Å². The normalized spacial score (nSPS) is 19.1. The molecule has 0 bridgehead atoms. The number of ether oxygens (including phenoxy) is 1. The van der Waals surface area contributed by atoms with Crippen molar-refractivity contribution in [2.24, 2.45) is 0 Å². The minimum atomic E-state index is -0.162. The van der Waals surface area contributed by atoms with Crippen LogP contribution < -0.4 is 5.32 Å². The van der Waals surface area contributed by atoms with E-state index in [-0.39, 0.29) is 18.1 Å². The Labute approximate surface area is 147 Å². The Balaban J connectivity index is 1.64. The van der Waals surface area contributed by atoms with Crippen molar-refractivity contribution in [1.82, 2.24) is 15.5 Å². The molecule has 2 heterocycles. The molecular weight excluding hydrogens is 316 g/mol. The van der Waals surface area contributed by atoms with Crippen LogP contribution in [0.25, 0.3) is 0 Å². The standard InChI is InChI=1S/C19H22N4O2/c1-11-8-14(10-20)4-5-15(11)6-7-21-19(24)18-16-9-12(2)25-13(3)17(16)22-23-18/h4-5,8,12-13H,6-7,9H2,1-3H3,(H,21,24)(H,22,23)/t12-,13+/m1/s1. The molecule has 0 saturated heterocycles. The number of carbonyl (C=O) groups excluding carboxylic acids is 1. The average Bonchev–Trinajstić information content (AvgIpc) is 3.00. The van der Waals surface area contributed by atoms with Crippen LogP contribution in [-0.2, 0) is 17.6 Å². The van der Waals surface area contributed by atoms with Crippen molar-refractivity contribution in [3.8, 4) is 6.07 Å². The maximum atomic E-state index is 12.5. The second kappa shape index (κ2) is 7.08. The molecule has 1 aliphatic heterocycles. The van der Waals surface area contributed by atoms with Crippen LogP contribution in [0.2, 0.25) is 0 Å². The maximum absolute atomic E-state index is 12.5. The fraction of sp³-hybridized carbons (Fsp3) is 0.421.